The molecule has 1 spiro atoms. The summed E-state index contributed by atoms with van der Waals surface area (Å²) in [5.74, 6) is 0. The van der Waals surface area contributed by atoms with Gasteiger partial charge in [-0.05, 0) is 75.3 Å². The van der Waals surface area contributed by atoms with Gasteiger partial charge in [0.25, 0.3) is 0 Å². The average Bonchev–Trinajstić information content (AvgIpc) is 3.04. The van der Waals surface area contributed by atoms with E-state index in [4.69, 9.17) is 0 Å². The van der Waals surface area contributed by atoms with Gasteiger partial charge in [0.05, 0.1) is 0 Å². The van der Waals surface area contributed by atoms with E-state index >= 15 is 0 Å². The highest BCUT2D eigenvalue weighted by molar-refractivity contribution is 7.19. The van der Waals surface area contributed by atoms with E-state index in [0.717, 1.165) is 6.54 Å². The van der Waals surface area contributed by atoms with Crippen molar-refractivity contribution in [3.63, 3.8) is 0 Å². The summed E-state index contributed by atoms with van der Waals surface area (Å²) >= 11 is 1.99. The minimum absolute atomic E-state index is 0.497. The van der Waals surface area contributed by atoms with Gasteiger partial charge in [-0.1, -0.05) is 12.1 Å². The predicted octanol–water partition coefficient (Wildman–Crippen LogP) is 3.93. The van der Waals surface area contributed by atoms with Crippen LogP contribution in [0.4, 0.5) is 0 Å². The normalized spacial score (nSPS) is 22.3. The van der Waals surface area contributed by atoms with E-state index in [-0.39, 0.29) is 0 Å². The number of hydrogen-bond acceptors (Lipinski definition) is 3. The molecule has 1 N–H and O–H groups in total. The van der Waals surface area contributed by atoms with E-state index < -0.39 is 0 Å². The van der Waals surface area contributed by atoms with Crippen molar-refractivity contribution in [2.45, 2.75) is 44.7 Å². The molecular weight excluding hydrogens is 276 g/mol. The summed E-state index contributed by atoms with van der Waals surface area (Å²) in [4.78, 5) is 4.32. The number of likely N-dealkylation sites (tertiary alicyclic amines) is 1. The van der Waals surface area contributed by atoms with Gasteiger partial charge in [0.2, 0.25) is 0 Å². The molecule has 21 heavy (non-hydrogen) atoms. The Morgan fingerprint density at radius 1 is 1.19 bits per heavy atom. The topological polar surface area (TPSA) is 15.3 Å². The van der Waals surface area contributed by atoms with Crippen LogP contribution >= 0.6 is 11.3 Å². The highest BCUT2D eigenvalue weighted by Crippen LogP contribution is 2.39. The molecule has 2 aliphatic heterocycles. The van der Waals surface area contributed by atoms with Gasteiger partial charge in [-0.3, -0.25) is 4.90 Å². The molecule has 2 saturated heterocycles. The SMILES string of the molecule is Cc1ccc2cc(CN3CCCC34CCNCC4)sc2c1. The second-order valence-electron chi connectivity index (χ2n) is 6.75. The summed E-state index contributed by atoms with van der Waals surface area (Å²) in [7, 11) is 0. The van der Waals surface area contributed by atoms with Gasteiger partial charge in [-0.15, -0.1) is 11.3 Å². The number of benzene rings is 1. The summed E-state index contributed by atoms with van der Waals surface area (Å²) in [6, 6.07) is 9.23. The third-order valence-electron chi connectivity index (χ3n) is 5.35. The van der Waals surface area contributed by atoms with Gasteiger partial charge < -0.3 is 5.32 Å². The molecule has 2 aromatic rings. The maximum atomic E-state index is 3.52. The first kappa shape index (κ1) is 13.7. The van der Waals surface area contributed by atoms with E-state index in [2.05, 4.69) is 41.4 Å². The minimum atomic E-state index is 0.497. The molecule has 0 saturated carbocycles. The maximum absolute atomic E-state index is 3.52. The highest BCUT2D eigenvalue weighted by Gasteiger charge is 2.41. The maximum Gasteiger partial charge on any atom is 0.0348 e. The zero-order chi connectivity index (χ0) is 14.3. The third kappa shape index (κ3) is 2.52. The first-order valence-corrected chi connectivity index (χ1v) is 9.02. The van der Waals surface area contributed by atoms with Crippen molar-refractivity contribution in [3.05, 3.63) is 34.7 Å². The van der Waals surface area contributed by atoms with Gasteiger partial charge in [0, 0.05) is 21.7 Å². The van der Waals surface area contributed by atoms with Crippen LogP contribution in [-0.2, 0) is 6.54 Å². The van der Waals surface area contributed by atoms with Gasteiger partial charge in [-0.25, -0.2) is 0 Å². The Balaban J connectivity index is 1.58. The zero-order valence-corrected chi connectivity index (χ0v) is 13.6. The Kier molecular flexibility index (Phi) is 3.52. The standard InChI is InChI=1S/C18H24N2S/c1-14-3-4-15-12-16(21-17(15)11-14)13-20-10-2-5-18(20)6-8-19-9-7-18/h3-4,11-12,19H,2,5-10,13H2,1H3. The van der Waals surface area contributed by atoms with Crippen LogP contribution in [0, 0.1) is 6.92 Å². The van der Waals surface area contributed by atoms with E-state index in [0.29, 0.717) is 5.54 Å². The summed E-state index contributed by atoms with van der Waals surface area (Å²) in [6.45, 7) is 7.01. The molecule has 0 radical (unpaired) electrons. The summed E-state index contributed by atoms with van der Waals surface area (Å²) in [5.41, 5.74) is 1.86. The zero-order valence-electron chi connectivity index (χ0n) is 12.8. The largest absolute Gasteiger partial charge is 0.317 e. The van der Waals surface area contributed by atoms with E-state index in [1.165, 1.54) is 65.8 Å². The lowest BCUT2D eigenvalue weighted by Gasteiger charge is -2.41. The fourth-order valence-electron chi connectivity index (χ4n) is 4.16. The molecule has 1 aromatic heterocycles. The molecule has 3 heterocycles. The van der Waals surface area contributed by atoms with Crippen LogP contribution in [0.3, 0.4) is 0 Å². The summed E-state index contributed by atoms with van der Waals surface area (Å²) in [5, 5.41) is 4.94. The van der Waals surface area contributed by atoms with Crippen LogP contribution in [0.25, 0.3) is 10.1 Å². The Labute approximate surface area is 131 Å². The molecule has 2 fully saturated rings. The van der Waals surface area contributed by atoms with Gasteiger partial charge >= 0.3 is 0 Å². The average molecular weight is 300 g/mol. The number of nitrogens with zero attached hydrogens (tertiary/aromatic N) is 1. The fraction of sp³-hybridized carbons (Fsp3) is 0.556. The number of fused-ring (bicyclic) bond motifs is 1. The molecule has 3 heteroatoms. The Bertz CT molecular complexity index is 640. The third-order valence-corrected chi connectivity index (χ3v) is 6.43. The van der Waals surface area contributed by atoms with Crippen molar-refractivity contribution < 1.29 is 0 Å². The van der Waals surface area contributed by atoms with Crippen LogP contribution in [0.2, 0.25) is 0 Å². The number of nitrogens with one attached hydrogen (secondary N) is 1. The predicted molar refractivity (Wildman–Crippen MR) is 91.0 cm³/mol. The van der Waals surface area contributed by atoms with Crippen molar-refractivity contribution >= 4 is 21.4 Å². The van der Waals surface area contributed by atoms with Crippen molar-refractivity contribution in [3.8, 4) is 0 Å². The Morgan fingerprint density at radius 3 is 2.90 bits per heavy atom. The molecule has 0 unspecified atom stereocenters. The quantitative estimate of drug-likeness (QED) is 0.904. The smallest absolute Gasteiger partial charge is 0.0348 e. The number of hydrogen-bond donors (Lipinski definition) is 1. The van der Waals surface area contributed by atoms with E-state index in [1.807, 2.05) is 11.3 Å². The molecular formula is C18H24N2S. The fourth-order valence-corrected chi connectivity index (χ4v) is 5.34. The van der Waals surface area contributed by atoms with Gasteiger partial charge in [0.1, 0.15) is 0 Å². The van der Waals surface area contributed by atoms with Crippen molar-refractivity contribution in [1.82, 2.24) is 10.2 Å². The van der Waals surface area contributed by atoms with Crippen LogP contribution in [-0.4, -0.2) is 30.1 Å². The number of thiophene rings is 1. The molecule has 1 aromatic carbocycles. The first-order valence-electron chi connectivity index (χ1n) is 8.20. The molecule has 2 nitrogen and oxygen atoms in total. The highest BCUT2D eigenvalue weighted by atomic mass is 32.1. The van der Waals surface area contributed by atoms with Crippen LogP contribution < -0.4 is 5.32 Å². The molecule has 0 aliphatic carbocycles. The number of aryl methyl sites for hydroxylation is 1. The lowest BCUT2D eigenvalue weighted by atomic mass is 9.86. The summed E-state index contributed by atoms with van der Waals surface area (Å²) < 4.78 is 1.45. The van der Waals surface area contributed by atoms with Crippen molar-refractivity contribution in [1.29, 1.82) is 0 Å². The number of piperidine rings is 1. The molecule has 4 rings (SSSR count). The first-order chi connectivity index (χ1) is 10.3. The monoisotopic (exact) mass is 300 g/mol. The van der Waals surface area contributed by atoms with Crippen LogP contribution in [0.15, 0.2) is 24.3 Å². The van der Waals surface area contributed by atoms with Crippen molar-refractivity contribution in [2.24, 2.45) is 0 Å². The molecule has 112 valence electrons. The molecule has 0 atom stereocenters. The molecule has 0 bridgehead atoms. The number of rotatable bonds is 2. The lowest BCUT2D eigenvalue weighted by molar-refractivity contribution is 0.0938. The second kappa shape index (κ2) is 5.38. The van der Waals surface area contributed by atoms with Gasteiger partial charge in [0.15, 0.2) is 0 Å². The van der Waals surface area contributed by atoms with Crippen molar-refractivity contribution in [2.75, 3.05) is 19.6 Å². The Hall–Kier alpha value is -0.900. The summed E-state index contributed by atoms with van der Waals surface area (Å²) in [6.07, 6.45) is 5.44. The molecule has 2 aliphatic rings. The second-order valence-corrected chi connectivity index (χ2v) is 7.92. The minimum Gasteiger partial charge on any atom is -0.317 e. The van der Waals surface area contributed by atoms with Crippen LogP contribution in [0.1, 0.15) is 36.1 Å². The van der Waals surface area contributed by atoms with E-state index in [1.54, 1.807) is 0 Å². The Morgan fingerprint density at radius 2 is 2.05 bits per heavy atom. The molecule has 0 amide bonds. The lowest BCUT2D eigenvalue weighted by Crippen LogP contribution is -2.50. The van der Waals surface area contributed by atoms with E-state index in [9.17, 15) is 0 Å². The van der Waals surface area contributed by atoms with Crippen LogP contribution in [0.5, 0.6) is 0 Å². The van der Waals surface area contributed by atoms with Gasteiger partial charge in [-0.2, -0.15) is 0 Å².